The molecular formula is C26H28F3N3O3. The van der Waals surface area contributed by atoms with Gasteiger partial charge in [0.1, 0.15) is 5.82 Å². The van der Waals surface area contributed by atoms with Crippen molar-refractivity contribution in [1.82, 2.24) is 10.2 Å². The normalized spacial score (nSPS) is 15.1. The first-order valence-corrected chi connectivity index (χ1v) is 11.9. The van der Waals surface area contributed by atoms with E-state index >= 15 is 4.39 Å². The monoisotopic (exact) mass is 487 g/mol. The molecule has 1 fully saturated rings. The predicted octanol–water partition coefficient (Wildman–Crippen LogP) is 4.49. The SMILES string of the molecule is O=C(CNC(=O)C(F)F)c1ccc(CN(C(=O)N2CCCCC2)c2ccc3c(c2)CCC3)c(F)c1. The second kappa shape index (κ2) is 10.9. The number of fused-ring (bicyclic) bond motifs is 1. The molecule has 2 aliphatic rings. The van der Waals surface area contributed by atoms with Gasteiger partial charge in [-0.15, -0.1) is 0 Å². The van der Waals surface area contributed by atoms with Gasteiger partial charge in [0.05, 0.1) is 13.1 Å². The molecule has 0 saturated carbocycles. The molecule has 1 aliphatic heterocycles. The lowest BCUT2D eigenvalue weighted by Crippen LogP contribution is -2.45. The smallest absolute Gasteiger partial charge is 0.324 e. The highest BCUT2D eigenvalue weighted by atomic mass is 19.3. The maximum absolute atomic E-state index is 15.0. The van der Waals surface area contributed by atoms with Crippen LogP contribution in [0.4, 0.5) is 23.7 Å². The van der Waals surface area contributed by atoms with Gasteiger partial charge in [-0.25, -0.2) is 9.18 Å². The fourth-order valence-corrected chi connectivity index (χ4v) is 4.62. The number of hydrogen-bond acceptors (Lipinski definition) is 3. The van der Waals surface area contributed by atoms with Crippen molar-refractivity contribution in [3.63, 3.8) is 0 Å². The standard InChI is InChI=1S/C26H28F3N3O3/c27-22-14-19(23(33)15-30-25(34)24(28)29)7-8-20(22)16-32(26(35)31-11-2-1-3-12-31)21-10-9-17-5-4-6-18(17)13-21/h7-10,13-14,24H,1-6,11-12,15-16H2,(H,30,34). The molecule has 0 aromatic heterocycles. The average molecular weight is 488 g/mol. The third-order valence-electron chi connectivity index (χ3n) is 6.58. The van der Waals surface area contributed by atoms with Gasteiger partial charge in [0.25, 0.3) is 5.91 Å². The Hall–Kier alpha value is -3.36. The number of Topliss-reactive ketones (excluding diaryl/α,β-unsaturated/α-hetero) is 1. The van der Waals surface area contributed by atoms with Crippen molar-refractivity contribution < 1.29 is 27.6 Å². The summed E-state index contributed by atoms with van der Waals surface area (Å²) in [5.41, 5.74) is 3.35. The van der Waals surface area contributed by atoms with Crippen LogP contribution >= 0.6 is 0 Å². The van der Waals surface area contributed by atoms with Crippen molar-refractivity contribution in [3.8, 4) is 0 Å². The summed E-state index contributed by atoms with van der Waals surface area (Å²) in [6, 6.07) is 9.55. The fraction of sp³-hybridized carbons (Fsp3) is 0.423. The summed E-state index contributed by atoms with van der Waals surface area (Å²) in [4.78, 5) is 40.0. The van der Waals surface area contributed by atoms with Gasteiger partial charge < -0.3 is 10.2 Å². The van der Waals surface area contributed by atoms with Crippen molar-refractivity contribution in [3.05, 3.63) is 64.5 Å². The van der Waals surface area contributed by atoms with E-state index in [9.17, 15) is 23.2 Å². The van der Waals surface area contributed by atoms with E-state index in [4.69, 9.17) is 0 Å². The third kappa shape index (κ3) is 5.83. The lowest BCUT2D eigenvalue weighted by atomic mass is 10.1. The first kappa shape index (κ1) is 24.8. The molecule has 2 aromatic rings. The van der Waals surface area contributed by atoms with Gasteiger partial charge in [0.2, 0.25) is 0 Å². The molecule has 0 radical (unpaired) electrons. The number of ketones is 1. The fourth-order valence-electron chi connectivity index (χ4n) is 4.62. The largest absolute Gasteiger partial charge is 0.344 e. The Morgan fingerprint density at radius 2 is 1.69 bits per heavy atom. The number of halogens is 3. The Labute approximate surface area is 202 Å². The van der Waals surface area contributed by atoms with Crippen LogP contribution in [-0.4, -0.2) is 48.7 Å². The Kier molecular flexibility index (Phi) is 7.73. The van der Waals surface area contributed by atoms with Gasteiger partial charge >= 0.3 is 12.5 Å². The second-order valence-electron chi connectivity index (χ2n) is 8.97. The van der Waals surface area contributed by atoms with E-state index in [0.29, 0.717) is 18.8 Å². The van der Waals surface area contributed by atoms with Gasteiger partial charge in [-0.2, -0.15) is 8.78 Å². The van der Waals surface area contributed by atoms with Gasteiger partial charge in [-0.1, -0.05) is 18.2 Å². The number of amides is 3. The van der Waals surface area contributed by atoms with Crippen molar-refractivity contribution >= 4 is 23.4 Å². The lowest BCUT2D eigenvalue weighted by Gasteiger charge is -2.33. The van der Waals surface area contributed by atoms with Gasteiger partial charge in [0, 0.05) is 29.9 Å². The van der Waals surface area contributed by atoms with Crippen molar-refractivity contribution in [2.45, 2.75) is 51.5 Å². The van der Waals surface area contributed by atoms with E-state index in [2.05, 4.69) is 0 Å². The summed E-state index contributed by atoms with van der Waals surface area (Å²) in [6.45, 7) is 0.633. The van der Waals surface area contributed by atoms with Crippen LogP contribution < -0.4 is 10.2 Å². The highest BCUT2D eigenvalue weighted by Gasteiger charge is 2.26. The molecule has 0 bridgehead atoms. The summed E-state index contributed by atoms with van der Waals surface area (Å²) in [5.74, 6) is -2.94. The quantitative estimate of drug-likeness (QED) is 0.585. The van der Waals surface area contributed by atoms with Gasteiger partial charge in [-0.3, -0.25) is 14.5 Å². The van der Waals surface area contributed by atoms with E-state index in [-0.39, 0.29) is 23.7 Å². The van der Waals surface area contributed by atoms with E-state index in [1.807, 2.05) is 23.5 Å². The summed E-state index contributed by atoms with van der Waals surface area (Å²) in [5, 5.41) is 1.82. The number of likely N-dealkylation sites (tertiary alicyclic amines) is 1. The molecular weight excluding hydrogens is 459 g/mol. The molecule has 1 N–H and O–H groups in total. The molecule has 2 aromatic carbocycles. The molecule has 35 heavy (non-hydrogen) atoms. The first-order chi connectivity index (χ1) is 16.8. The number of carbonyl (C=O) groups is 3. The Bertz CT molecular complexity index is 1120. The zero-order chi connectivity index (χ0) is 24.9. The lowest BCUT2D eigenvalue weighted by molar-refractivity contribution is -0.131. The number of nitrogens with zero attached hydrogens (tertiary/aromatic N) is 2. The second-order valence-corrected chi connectivity index (χ2v) is 8.97. The number of carbonyl (C=O) groups excluding carboxylic acids is 3. The molecule has 1 saturated heterocycles. The van der Waals surface area contributed by atoms with E-state index in [0.717, 1.165) is 44.6 Å². The molecule has 0 atom stereocenters. The van der Waals surface area contributed by atoms with Gasteiger partial charge in [0.15, 0.2) is 5.78 Å². The molecule has 1 heterocycles. The average Bonchev–Trinajstić information content (AvgIpc) is 3.34. The highest BCUT2D eigenvalue weighted by molar-refractivity contribution is 5.99. The minimum absolute atomic E-state index is 0.0173. The number of rotatable bonds is 7. The maximum atomic E-state index is 15.0. The molecule has 0 unspecified atom stereocenters. The van der Waals surface area contributed by atoms with Crippen LogP contribution in [0.5, 0.6) is 0 Å². The third-order valence-corrected chi connectivity index (χ3v) is 6.58. The number of benzene rings is 2. The Morgan fingerprint density at radius 3 is 2.40 bits per heavy atom. The van der Waals surface area contributed by atoms with Crippen LogP contribution in [-0.2, 0) is 24.2 Å². The Balaban J connectivity index is 1.55. The van der Waals surface area contributed by atoms with Gasteiger partial charge in [-0.05, 0) is 67.9 Å². The van der Waals surface area contributed by atoms with Crippen molar-refractivity contribution in [2.24, 2.45) is 0 Å². The number of urea groups is 1. The minimum Gasteiger partial charge on any atom is -0.344 e. The summed E-state index contributed by atoms with van der Waals surface area (Å²) < 4.78 is 39.7. The number of piperidine rings is 1. The molecule has 1 aliphatic carbocycles. The van der Waals surface area contributed by atoms with Crippen LogP contribution in [0, 0.1) is 5.82 Å². The van der Waals surface area contributed by atoms with E-state index in [1.165, 1.54) is 23.3 Å². The van der Waals surface area contributed by atoms with Crippen LogP contribution in [0.3, 0.4) is 0 Å². The molecule has 4 rings (SSSR count). The zero-order valence-corrected chi connectivity index (χ0v) is 19.4. The van der Waals surface area contributed by atoms with Crippen LogP contribution in [0.25, 0.3) is 0 Å². The highest BCUT2D eigenvalue weighted by Crippen LogP contribution is 2.29. The Morgan fingerprint density at radius 1 is 0.943 bits per heavy atom. The van der Waals surface area contributed by atoms with Crippen molar-refractivity contribution in [2.75, 3.05) is 24.5 Å². The van der Waals surface area contributed by atoms with Crippen LogP contribution in [0.1, 0.15) is 52.7 Å². The van der Waals surface area contributed by atoms with Crippen molar-refractivity contribution in [1.29, 1.82) is 0 Å². The minimum atomic E-state index is -3.23. The van der Waals surface area contributed by atoms with Crippen LogP contribution in [0.2, 0.25) is 0 Å². The summed E-state index contributed by atoms with van der Waals surface area (Å²) in [6.07, 6.45) is 2.73. The number of nitrogens with one attached hydrogen (secondary N) is 1. The number of anilines is 1. The molecule has 9 heteroatoms. The summed E-state index contributed by atoms with van der Waals surface area (Å²) in [7, 11) is 0. The topological polar surface area (TPSA) is 69.7 Å². The predicted molar refractivity (Wildman–Crippen MR) is 125 cm³/mol. The maximum Gasteiger partial charge on any atom is 0.324 e. The molecule has 6 nitrogen and oxygen atoms in total. The number of hydrogen-bond donors (Lipinski definition) is 1. The molecule has 186 valence electrons. The van der Waals surface area contributed by atoms with E-state index < -0.39 is 30.5 Å². The molecule has 3 amide bonds. The number of aryl methyl sites for hydroxylation is 2. The number of alkyl halides is 2. The van der Waals surface area contributed by atoms with E-state index in [1.54, 1.807) is 9.80 Å². The summed E-state index contributed by atoms with van der Waals surface area (Å²) >= 11 is 0. The zero-order valence-electron chi connectivity index (χ0n) is 19.4. The van der Waals surface area contributed by atoms with Crippen LogP contribution in [0.15, 0.2) is 36.4 Å². The first-order valence-electron chi connectivity index (χ1n) is 11.9. The molecule has 0 spiro atoms.